The van der Waals surface area contributed by atoms with Crippen LogP contribution < -0.4 is 10.6 Å². The Labute approximate surface area is 181 Å². The normalized spacial score (nSPS) is 11.6. The highest BCUT2D eigenvalue weighted by molar-refractivity contribution is 5.85. The second-order valence-corrected chi connectivity index (χ2v) is 7.29. The Kier molecular flexibility index (Phi) is 9.19. The summed E-state index contributed by atoms with van der Waals surface area (Å²) in [5.74, 6) is 0. The molecule has 2 aromatic carbocycles. The molecule has 1 atom stereocenters. The van der Waals surface area contributed by atoms with Crippen molar-refractivity contribution in [1.29, 1.82) is 0 Å². The molecule has 0 saturated heterocycles. The Hall–Kier alpha value is -3.02. The van der Waals surface area contributed by atoms with Gasteiger partial charge in [-0.05, 0) is 68.0 Å². The van der Waals surface area contributed by atoms with Crippen molar-refractivity contribution in [2.24, 2.45) is 0 Å². The van der Waals surface area contributed by atoms with Crippen LogP contribution in [0.2, 0.25) is 0 Å². The second-order valence-electron chi connectivity index (χ2n) is 7.29. The fourth-order valence-corrected chi connectivity index (χ4v) is 2.81. The molecule has 30 heavy (non-hydrogen) atoms. The Morgan fingerprint density at radius 2 is 1.20 bits per heavy atom. The zero-order valence-corrected chi connectivity index (χ0v) is 18.2. The molecule has 2 rings (SSSR count). The maximum Gasteiger partial charge on any atom is 0.411 e. The molecule has 0 spiro atoms. The molecule has 0 aromatic heterocycles. The van der Waals surface area contributed by atoms with Gasteiger partial charge in [0.15, 0.2) is 0 Å². The van der Waals surface area contributed by atoms with E-state index in [0.717, 1.165) is 36.8 Å². The lowest BCUT2D eigenvalue weighted by molar-refractivity contribution is 0.106. The molecule has 0 aliphatic rings. The number of anilines is 2. The first kappa shape index (κ1) is 23.3. The smallest absolute Gasteiger partial charge is 0.411 e. The minimum absolute atomic E-state index is 0. The fourth-order valence-electron chi connectivity index (χ4n) is 2.81. The van der Waals surface area contributed by atoms with E-state index in [1.807, 2.05) is 76.2 Å². The highest BCUT2D eigenvalue weighted by Crippen LogP contribution is 2.17. The van der Waals surface area contributed by atoms with Gasteiger partial charge in [0.1, 0.15) is 12.2 Å². The maximum atomic E-state index is 11.9. The van der Waals surface area contributed by atoms with Crippen LogP contribution in [0.25, 0.3) is 0 Å². The average Bonchev–Trinajstić information content (AvgIpc) is 2.74. The van der Waals surface area contributed by atoms with Gasteiger partial charge in [-0.1, -0.05) is 45.0 Å². The standard InChI is InChI=1S/C24H32N2O4.2H2/c1-5-17(4)29-23(27)25-20-12-8-18(9-13-20)16-19-10-14-21(15-11-19)26-24(28)30-22(6-2)7-3;;/h8-15,17,22H,5-7,16H2,1-4H3,(H,25,27)(H,26,28);2*1H. The molecule has 6 heteroatoms. The van der Waals surface area contributed by atoms with Crippen LogP contribution in [0.1, 0.15) is 60.9 Å². The summed E-state index contributed by atoms with van der Waals surface area (Å²) >= 11 is 0. The van der Waals surface area contributed by atoms with E-state index < -0.39 is 12.2 Å². The molecule has 1 unspecified atom stereocenters. The Morgan fingerprint density at radius 3 is 1.60 bits per heavy atom. The van der Waals surface area contributed by atoms with Gasteiger partial charge in [0.05, 0.1) is 0 Å². The topological polar surface area (TPSA) is 76.7 Å². The van der Waals surface area contributed by atoms with Crippen molar-refractivity contribution in [3.8, 4) is 0 Å². The monoisotopic (exact) mass is 416 g/mol. The summed E-state index contributed by atoms with van der Waals surface area (Å²) in [4.78, 5) is 23.7. The van der Waals surface area contributed by atoms with E-state index in [1.165, 1.54) is 0 Å². The van der Waals surface area contributed by atoms with E-state index in [4.69, 9.17) is 9.47 Å². The van der Waals surface area contributed by atoms with Gasteiger partial charge < -0.3 is 9.47 Å². The van der Waals surface area contributed by atoms with Crippen molar-refractivity contribution in [2.75, 3.05) is 10.6 Å². The molecule has 0 aliphatic heterocycles. The third-order valence-corrected chi connectivity index (χ3v) is 4.88. The number of amides is 2. The van der Waals surface area contributed by atoms with Gasteiger partial charge in [0.2, 0.25) is 0 Å². The lowest BCUT2D eigenvalue weighted by atomic mass is 10.0. The quantitative estimate of drug-likeness (QED) is 0.468. The predicted octanol–water partition coefficient (Wildman–Crippen LogP) is 6.85. The highest BCUT2D eigenvalue weighted by Gasteiger charge is 2.11. The number of benzene rings is 2. The highest BCUT2D eigenvalue weighted by atomic mass is 16.6. The Bertz CT molecular complexity index is 810. The van der Waals surface area contributed by atoms with Crippen LogP contribution in [-0.2, 0) is 15.9 Å². The lowest BCUT2D eigenvalue weighted by Crippen LogP contribution is -2.21. The van der Waals surface area contributed by atoms with Gasteiger partial charge in [-0.15, -0.1) is 0 Å². The molecule has 0 heterocycles. The van der Waals surface area contributed by atoms with Crippen molar-refractivity contribution in [1.82, 2.24) is 0 Å². The minimum atomic E-state index is -0.442. The third-order valence-electron chi connectivity index (χ3n) is 4.88. The second kappa shape index (κ2) is 11.9. The molecule has 166 valence electrons. The maximum absolute atomic E-state index is 11.9. The predicted molar refractivity (Wildman–Crippen MR) is 124 cm³/mol. The zero-order valence-electron chi connectivity index (χ0n) is 18.2. The molecule has 0 bridgehead atoms. The van der Waals surface area contributed by atoms with Gasteiger partial charge in [0, 0.05) is 14.2 Å². The number of hydrogen-bond acceptors (Lipinski definition) is 4. The zero-order chi connectivity index (χ0) is 21.9. The number of nitrogens with one attached hydrogen (secondary N) is 2. The first-order chi connectivity index (χ1) is 14.4. The van der Waals surface area contributed by atoms with Crippen molar-refractivity contribution in [3.05, 3.63) is 59.7 Å². The largest absolute Gasteiger partial charge is 0.446 e. The number of rotatable bonds is 9. The van der Waals surface area contributed by atoms with Gasteiger partial charge in [-0.2, -0.15) is 0 Å². The summed E-state index contributed by atoms with van der Waals surface area (Å²) in [6, 6.07) is 15.3. The molecular weight excluding hydrogens is 380 g/mol. The minimum Gasteiger partial charge on any atom is -0.446 e. The van der Waals surface area contributed by atoms with Crippen molar-refractivity contribution in [2.45, 2.75) is 65.6 Å². The fraction of sp³-hybridized carbons (Fsp3) is 0.417. The van der Waals surface area contributed by atoms with Gasteiger partial charge >= 0.3 is 12.2 Å². The number of hydrogen-bond donors (Lipinski definition) is 2. The summed E-state index contributed by atoms with van der Waals surface area (Å²) in [5, 5.41) is 5.49. The summed E-state index contributed by atoms with van der Waals surface area (Å²) < 4.78 is 10.6. The molecule has 0 aliphatic carbocycles. The molecule has 2 N–H and O–H groups in total. The molecule has 6 nitrogen and oxygen atoms in total. The van der Waals surface area contributed by atoms with E-state index in [-0.39, 0.29) is 15.1 Å². The average molecular weight is 417 g/mol. The first-order valence-electron chi connectivity index (χ1n) is 10.6. The summed E-state index contributed by atoms with van der Waals surface area (Å²) in [5.41, 5.74) is 3.63. The van der Waals surface area contributed by atoms with Crippen LogP contribution in [-0.4, -0.2) is 24.4 Å². The molecular formula is C24H36N2O4. The van der Waals surface area contributed by atoms with Crippen molar-refractivity contribution < 1.29 is 21.9 Å². The SMILES string of the molecule is CCC(C)OC(=O)Nc1ccc(Cc2ccc(NC(=O)OC(CC)CC)cc2)cc1.[HH].[HH]. The van der Waals surface area contributed by atoms with Crippen LogP contribution in [0.3, 0.4) is 0 Å². The van der Waals surface area contributed by atoms with Crippen LogP contribution in [0, 0.1) is 0 Å². The number of carbonyl (C=O) groups excluding carboxylic acids is 2. The third kappa shape index (κ3) is 7.78. The Balaban J connectivity index is 0.00000480. The van der Waals surface area contributed by atoms with Crippen molar-refractivity contribution in [3.63, 3.8) is 0 Å². The van der Waals surface area contributed by atoms with Gasteiger partial charge in [-0.3, -0.25) is 10.6 Å². The van der Waals surface area contributed by atoms with E-state index >= 15 is 0 Å². The number of ether oxygens (including phenoxy) is 2. The van der Waals surface area contributed by atoms with E-state index in [9.17, 15) is 9.59 Å². The molecule has 0 saturated carbocycles. The van der Waals surface area contributed by atoms with Crippen LogP contribution in [0.4, 0.5) is 21.0 Å². The van der Waals surface area contributed by atoms with Crippen molar-refractivity contribution >= 4 is 23.6 Å². The van der Waals surface area contributed by atoms with E-state index in [1.54, 1.807) is 0 Å². The Morgan fingerprint density at radius 1 is 0.767 bits per heavy atom. The van der Waals surface area contributed by atoms with Crippen LogP contribution in [0.5, 0.6) is 0 Å². The van der Waals surface area contributed by atoms with Gasteiger partial charge in [-0.25, -0.2) is 9.59 Å². The van der Waals surface area contributed by atoms with Crippen LogP contribution >= 0.6 is 0 Å². The summed E-state index contributed by atoms with van der Waals surface area (Å²) in [6.07, 6.45) is 2.10. The molecule has 2 aromatic rings. The number of carbonyl (C=O) groups is 2. The lowest BCUT2D eigenvalue weighted by Gasteiger charge is -2.14. The van der Waals surface area contributed by atoms with E-state index in [2.05, 4.69) is 10.6 Å². The first-order valence-corrected chi connectivity index (χ1v) is 10.6. The summed E-state index contributed by atoms with van der Waals surface area (Å²) in [7, 11) is 0. The molecule has 0 radical (unpaired) electrons. The molecule has 0 fully saturated rings. The van der Waals surface area contributed by atoms with Gasteiger partial charge in [0.25, 0.3) is 0 Å². The molecule has 2 amide bonds. The summed E-state index contributed by atoms with van der Waals surface area (Å²) in [6.45, 7) is 7.82. The van der Waals surface area contributed by atoms with E-state index in [0.29, 0.717) is 11.4 Å². The van der Waals surface area contributed by atoms with Crippen LogP contribution in [0.15, 0.2) is 48.5 Å².